The molecule has 1 aromatic heterocycles. The Bertz CT molecular complexity index is 1480. The topological polar surface area (TPSA) is 83.4 Å². The van der Waals surface area contributed by atoms with E-state index in [1.165, 1.54) is 40.1 Å². The van der Waals surface area contributed by atoms with Gasteiger partial charge in [-0.1, -0.05) is 93.6 Å². The number of Topliss-reactive ketones (excluding diaryl/α,β-unsaturated/α-hetero) is 1. The Kier molecular flexibility index (Phi) is 6.99. The number of halogens is 2. The van der Waals surface area contributed by atoms with Crippen molar-refractivity contribution in [1.29, 1.82) is 0 Å². The highest BCUT2D eigenvalue weighted by molar-refractivity contribution is 9.10. The highest BCUT2D eigenvalue weighted by Crippen LogP contribution is 2.44. The van der Waals surface area contributed by atoms with Gasteiger partial charge in [-0.2, -0.15) is 0 Å². The van der Waals surface area contributed by atoms with Crippen molar-refractivity contribution in [3.63, 3.8) is 0 Å². The molecule has 1 fully saturated rings. The second-order valence-corrected chi connectivity index (χ2v) is 10.9. The first-order chi connectivity index (χ1) is 17.4. The summed E-state index contributed by atoms with van der Waals surface area (Å²) in [6, 6.07) is 21.2. The fourth-order valence-electron chi connectivity index (χ4n) is 3.86. The average molecular weight is 582 g/mol. The third kappa shape index (κ3) is 4.84. The van der Waals surface area contributed by atoms with Gasteiger partial charge in [0.25, 0.3) is 5.78 Å². The van der Waals surface area contributed by atoms with E-state index in [1.807, 2.05) is 6.07 Å². The molecule has 0 bridgehead atoms. The highest BCUT2D eigenvalue weighted by Gasteiger charge is 2.48. The molecule has 0 radical (unpaired) electrons. The van der Waals surface area contributed by atoms with Crippen LogP contribution in [0.4, 0.5) is 9.52 Å². The van der Waals surface area contributed by atoms with Gasteiger partial charge in [0.2, 0.25) is 5.13 Å². The minimum Gasteiger partial charge on any atom is -0.507 e. The Labute approximate surface area is 222 Å². The van der Waals surface area contributed by atoms with Gasteiger partial charge >= 0.3 is 5.91 Å². The number of benzene rings is 3. The SMILES string of the molecule is O=C1C(=O)N(c2nnc(SCc3ccc(F)cc3)s2)C(c2cccc(Br)c2)/C1=C(/O)c1ccccc1. The van der Waals surface area contributed by atoms with Crippen LogP contribution in [-0.2, 0) is 15.3 Å². The van der Waals surface area contributed by atoms with E-state index in [9.17, 15) is 19.1 Å². The van der Waals surface area contributed by atoms with Crippen LogP contribution in [0.2, 0.25) is 0 Å². The number of aliphatic hydroxyl groups excluding tert-OH is 1. The molecule has 1 atom stereocenters. The Hall–Kier alpha value is -3.34. The largest absolute Gasteiger partial charge is 0.507 e. The molecule has 6 nitrogen and oxygen atoms in total. The summed E-state index contributed by atoms with van der Waals surface area (Å²) >= 11 is 6.02. The van der Waals surface area contributed by atoms with E-state index in [4.69, 9.17) is 0 Å². The van der Waals surface area contributed by atoms with E-state index in [0.29, 0.717) is 21.2 Å². The van der Waals surface area contributed by atoms with Gasteiger partial charge in [-0.15, -0.1) is 10.2 Å². The van der Waals surface area contributed by atoms with Gasteiger partial charge in [0, 0.05) is 15.8 Å². The molecule has 0 spiro atoms. The summed E-state index contributed by atoms with van der Waals surface area (Å²) in [7, 11) is 0. The van der Waals surface area contributed by atoms with Crippen LogP contribution in [0.15, 0.2) is 93.2 Å². The van der Waals surface area contributed by atoms with Crippen molar-refractivity contribution in [2.45, 2.75) is 16.1 Å². The zero-order valence-electron chi connectivity index (χ0n) is 18.5. The van der Waals surface area contributed by atoms with Crippen LogP contribution in [0.25, 0.3) is 5.76 Å². The van der Waals surface area contributed by atoms with Crippen LogP contribution in [0, 0.1) is 5.82 Å². The van der Waals surface area contributed by atoms with Crippen molar-refractivity contribution in [3.05, 3.63) is 111 Å². The lowest BCUT2D eigenvalue weighted by Crippen LogP contribution is -2.29. The molecule has 1 aliphatic heterocycles. The van der Waals surface area contributed by atoms with Gasteiger partial charge in [0.1, 0.15) is 11.6 Å². The van der Waals surface area contributed by atoms with Crippen molar-refractivity contribution in [3.8, 4) is 0 Å². The van der Waals surface area contributed by atoms with Crippen LogP contribution in [0.3, 0.4) is 0 Å². The molecule has 0 aliphatic carbocycles. The lowest BCUT2D eigenvalue weighted by atomic mass is 9.95. The Morgan fingerprint density at radius 1 is 1.03 bits per heavy atom. The van der Waals surface area contributed by atoms with Gasteiger partial charge < -0.3 is 5.11 Å². The maximum atomic E-state index is 13.3. The first-order valence-electron chi connectivity index (χ1n) is 10.7. The third-order valence-electron chi connectivity index (χ3n) is 5.53. The summed E-state index contributed by atoms with van der Waals surface area (Å²) in [6.07, 6.45) is 0. The molecule has 36 heavy (non-hydrogen) atoms. The number of anilines is 1. The van der Waals surface area contributed by atoms with Crippen LogP contribution < -0.4 is 4.90 Å². The zero-order chi connectivity index (χ0) is 25.2. The van der Waals surface area contributed by atoms with Gasteiger partial charge in [0.15, 0.2) is 4.34 Å². The molecule has 5 rings (SSSR count). The number of hydrogen-bond donors (Lipinski definition) is 1. The van der Waals surface area contributed by atoms with Crippen molar-refractivity contribution < 1.29 is 19.1 Å². The van der Waals surface area contributed by atoms with Crippen LogP contribution in [0.1, 0.15) is 22.7 Å². The molecule has 3 aromatic carbocycles. The number of thioether (sulfide) groups is 1. The molecule has 2 heterocycles. The smallest absolute Gasteiger partial charge is 0.301 e. The summed E-state index contributed by atoms with van der Waals surface area (Å²) in [6.45, 7) is 0. The summed E-state index contributed by atoms with van der Waals surface area (Å²) < 4.78 is 14.5. The van der Waals surface area contributed by atoms with E-state index < -0.39 is 17.7 Å². The summed E-state index contributed by atoms with van der Waals surface area (Å²) in [4.78, 5) is 27.8. The number of aliphatic hydroxyl groups is 1. The fourth-order valence-corrected chi connectivity index (χ4v) is 6.10. The van der Waals surface area contributed by atoms with Crippen LogP contribution in [0.5, 0.6) is 0 Å². The molecule has 1 unspecified atom stereocenters. The normalized spacial score (nSPS) is 17.1. The number of nitrogens with zero attached hydrogens (tertiary/aromatic N) is 3. The number of carbonyl (C=O) groups is 2. The van der Waals surface area contributed by atoms with E-state index in [-0.39, 0.29) is 22.3 Å². The first-order valence-corrected chi connectivity index (χ1v) is 13.3. The molecular formula is C26H17BrFN3O3S2. The molecule has 180 valence electrons. The van der Waals surface area contributed by atoms with Crippen molar-refractivity contribution >= 4 is 61.6 Å². The molecule has 1 saturated heterocycles. The average Bonchev–Trinajstić information content (AvgIpc) is 3.46. The second-order valence-electron chi connectivity index (χ2n) is 7.86. The Morgan fingerprint density at radius 2 is 1.78 bits per heavy atom. The number of carbonyl (C=O) groups excluding carboxylic acids is 2. The standard InChI is InChI=1S/C26H17BrFN3O3S2/c27-18-8-4-7-17(13-18)21-20(22(32)16-5-2-1-3-6-16)23(33)24(34)31(21)25-29-30-26(36-25)35-14-15-9-11-19(28)12-10-15/h1-13,21,32H,14H2/b22-20-. The molecular weight excluding hydrogens is 565 g/mol. The van der Waals surface area contributed by atoms with E-state index in [2.05, 4.69) is 26.1 Å². The molecule has 4 aromatic rings. The lowest BCUT2D eigenvalue weighted by Gasteiger charge is -2.22. The predicted molar refractivity (Wildman–Crippen MR) is 141 cm³/mol. The van der Waals surface area contributed by atoms with Crippen LogP contribution >= 0.6 is 39.0 Å². The van der Waals surface area contributed by atoms with Crippen LogP contribution in [-0.4, -0.2) is 27.0 Å². The number of rotatable bonds is 6. The summed E-state index contributed by atoms with van der Waals surface area (Å²) in [5, 5.41) is 19.7. The number of aromatic nitrogens is 2. The summed E-state index contributed by atoms with van der Waals surface area (Å²) in [5.41, 5.74) is 1.97. The minimum absolute atomic E-state index is 0.0139. The molecule has 1 amide bonds. The Morgan fingerprint density at radius 3 is 2.50 bits per heavy atom. The van der Waals surface area contributed by atoms with Crippen molar-refractivity contribution in [2.75, 3.05) is 4.90 Å². The predicted octanol–water partition coefficient (Wildman–Crippen LogP) is 6.36. The molecule has 1 aliphatic rings. The minimum atomic E-state index is -0.884. The summed E-state index contributed by atoms with van der Waals surface area (Å²) in [5.74, 6) is -1.60. The fraction of sp³-hybridized carbons (Fsp3) is 0.0769. The number of hydrogen-bond acceptors (Lipinski definition) is 7. The number of amides is 1. The van der Waals surface area contributed by atoms with E-state index >= 15 is 0 Å². The quantitative estimate of drug-likeness (QED) is 0.0937. The second kappa shape index (κ2) is 10.3. The third-order valence-corrected chi connectivity index (χ3v) is 8.15. The molecule has 1 N–H and O–H groups in total. The van der Waals surface area contributed by atoms with E-state index in [1.54, 1.807) is 60.7 Å². The molecule has 0 saturated carbocycles. The van der Waals surface area contributed by atoms with Gasteiger partial charge in [-0.05, 0) is 35.4 Å². The number of ketones is 1. The van der Waals surface area contributed by atoms with Crippen molar-refractivity contribution in [1.82, 2.24) is 10.2 Å². The molecule has 10 heteroatoms. The highest BCUT2D eigenvalue weighted by atomic mass is 79.9. The maximum absolute atomic E-state index is 13.3. The monoisotopic (exact) mass is 581 g/mol. The van der Waals surface area contributed by atoms with Gasteiger partial charge in [-0.3, -0.25) is 14.5 Å². The maximum Gasteiger partial charge on any atom is 0.301 e. The lowest BCUT2D eigenvalue weighted by molar-refractivity contribution is -0.132. The zero-order valence-corrected chi connectivity index (χ0v) is 21.7. The van der Waals surface area contributed by atoms with E-state index in [0.717, 1.165) is 10.0 Å². The van der Waals surface area contributed by atoms with Gasteiger partial charge in [0.05, 0.1) is 11.6 Å². The Balaban J connectivity index is 1.53. The van der Waals surface area contributed by atoms with Gasteiger partial charge in [-0.25, -0.2) is 4.39 Å². The first kappa shape index (κ1) is 24.4. The van der Waals surface area contributed by atoms with Crippen molar-refractivity contribution in [2.24, 2.45) is 0 Å².